The van der Waals surface area contributed by atoms with E-state index < -0.39 is 0 Å². The van der Waals surface area contributed by atoms with Crippen LogP contribution >= 0.6 is 39.1 Å². The van der Waals surface area contributed by atoms with Gasteiger partial charge in [0.15, 0.2) is 0 Å². The number of hydrogen-bond donors (Lipinski definition) is 0. The molecule has 5 nitrogen and oxygen atoms in total. The minimum atomic E-state index is -0.329. The van der Waals surface area contributed by atoms with Gasteiger partial charge in [0.05, 0.1) is 37.6 Å². The molecular formula is C29H36BBrCl2O5. The smallest absolute Gasteiger partial charge is 0.495 e. The molecule has 0 aliphatic carbocycles. The molecule has 0 atom stereocenters. The second-order valence-electron chi connectivity index (χ2n) is 9.71. The average molecular weight is 626 g/mol. The van der Waals surface area contributed by atoms with E-state index in [2.05, 4.69) is 50.5 Å². The molecule has 1 fully saturated rings. The third-order valence-electron chi connectivity index (χ3n) is 6.50. The summed E-state index contributed by atoms with van der Waals surface area (Å²) in [5.41, 5.74) is 2.63. The highest BCUT2D eigenvalue weighted by atomic mass is 79.9. The summed E-state index contributed by atoms with van der Waals surface area (Å²) in [6.07, 6.45) is 0. The van der Waals surface area contributed by atoms with E-state index in [-0.39, 0.29) is 18.3 Å². The largest absolute Gasteiger partial charge is 0.497 e. The molecule has 1 aliphatic heterocycles. The predicted molar refractivity (Wildman–Crippen MR) is 162 cm³/mol. The summed E-state index contributed by atoms with van der Waals surface area (Å²) in [5, 5.41) is 1.42. The monoisotopic (exact) mass is 624 g/mol. The van der Waals surface area contributed by atoms with Gasteiger partial charge < -0.3 is 23.5 Å². The first-order chi connectivity index (χ1) is 17.7. The lowest BCUT2D eigenvalue weighted by Crippen LogP contribution is -2.41. The van der Waals surface area contributed by atoms with Crippen LogP contribution in [-0.4, -0.2) is 39.6 Å². The SMILES string of the molecule is COc1ccc(Br)c(Cl)c1.COc1ccc(C)c(B2OC(C)(C)C(C)(C)O2)c1.COc1ccc(C)c(Cl)c1. The highest BCUT2D eigenvalue weighted by Gasteiger charge is 2.52. The molecule has 0 unspecified atom stereocenters. The number of benzene rings is 3. The van der Waals surface area contributed by atoms with E-state index in [0.29, 0.717) is 5.02 Å². The molecule has 0 aromatic heterocycles. The third-order valence-corrected chi connectivity index (χ3v) is 8.14. The van der Waals surface area contributed by atoms with E-state index in [1.807, 2.05) is 49.4 Å². The van der Waals surface area contributed by atoms with Gasteiger partial charge in [0, 0.05) is 9.50 Å². The van der Waals surface area contributed by atoms with Gasteiger partial charge in [-0.25, -0.2) is 0 Å². The molecule has 9 heteroatoms. The van der Waals surface area contributed by atoms with E-state index in [1.165, 1.54) is 0 Å². The molecule has 0 radical (unpaired) electrons. The van der Waals surface area contributed by atoms with Crippen molar-refractivity contribution in [2.45, 2.75) is 52.7 Å². The Balaban J connectivity index is 0.000000216. The maximum absolute atomic E-state index is 6.05. The van der Waals surface area contributed by atoms with Crippen LogP contribution < -0.4 is 19.7 Å². The minimum absolute atomic E-state index is 0.312. The lowest BCUT2D eigenvalue weighted by molar-refractivity contribution is 0.00578. The fraction of sp³-hybridized carbons (Fsp3) is 0.379. The van der Waals surface area contributed by atoms with Gasteiger partial charge in [0.1, 0.15) is 17.2 Å². The van der Waals surface area contributed by atoms with Gasteiger partial charge in [0.25, 0.3) is 0 Å². The first-order valence-corrected chi connectivity index (χ1v) is 13.6. The Bertz CT molecular complexity index is 1150. The van der Waals surface area contributed by atoms with Crippen LogP contribution in [0.25, 0.3) is 0 Å². The average Bonchev–Trinajstić information content (AvgIpc) is 3.10. The second kappa shape index (κ2) is 13.9. The normalized spacial score (nSPS) is 15.0. The van der Waals surface area contributed by atoms with Crippen LogP contribution in [0, 0.1) is 13.8 Å². The van der Waals surface area contributed by atoms with Gasteiger partial charge in [-0.05, 0) is 111 Å². The van der Waals surface area contributed by atoms with E-state index in [4.69, 9.17) is 46.7 Å². The Morgan fingerprint density at radius 3 is 1.53 bits per heavy atom. The lowest BCUT2D eigenvalue weighted by Gasteiger charge is -2.32. The molecule has 1 heterocycles. The predicted octanol–water partition coefficient (Wildman–Crippen LogP) is 8.07. The first kappa shape index (κ1) is 32.3. The van der Waals surface area contributed by atoms with Crippen LogP contribution in [0.5, 0.6) is 17.2 Å². The van der Waals surface area contributed by atoms with E-state index >= 15 is 0 Å². The summed E-state index contributed by atoms with van der Waals surface area (Å²) >= 11 is 14.8. The van der Waals surface area contributed by atoms with Gasteiger partial charge in [-0.2, -0.15) is 0 Å². The van der Waals surface area contributed by atoms with Crippen LogP contribution in [0.1, 0.15) is 38.8 Å². The van der Waals surface area contributed by atoms with Crippen molar-refractivity contribution in [3.05, 3.63) is 80.2 Å². The van der Waals surface area contributed by atoms with Gasteiger partial charge >= 0.3 is 7.12 Å². The van der Waals surface area contributed by atoms with Crippen molar-refractivity contribution in [3.63, 3.8) is 0 Å². The zero-order valence-electron chi connectivity index (χ0n) is 23.4. The highest BCUT2D eigenvalue weighted by Crippen LogP contribution is 2.37. The number of ether oxygens (including phenoxy) is 3. The summed E-state index contributed by atoms with van der Waals surface area (Å²) in [6, 6.07) is 17.0. The Morgan fingerprint density at radius 2 is 1.08 bits per heavy atom. The maximum Gasteiger partial charge on any atom is 0.495 e. The van der Waals surface area contributed by atoms with E-state index in [1.54, 1.807) is 33.5 Å². The molecule has 0 spiro atoms. The molecule has 3 aromatic carbocycles. The molecule has 4 rings (SSSR count). The number of rotatable bonds is 4. The van der Waals surface area contributed by atoms with Gasteiger partial charge in [-0.15, -0.1) is 0 Å². The lowest BCUT2D eigenvalue weighted by atomic mass is 9.76. The van der Waals surface area contributed by atoms with Gasteiger partial charge in [0.2, 0.25) is 0 Å². The molecule has 0 N–H and O–H groups in total. The van der Waals surface area contributed by atoms with Crippen molar-refractivity contribution in [3.8, 4) is 17.2 Å². The summed E-state index contributed by atoms with van der Waals surface area (Å²) in [6.45, 7) is 12.2. The molecule has 1 aliphatic rings. The number of methoxy groups -OCH3 is 3. The number of aryl methyl sites for hydroxylation is 2. The Hall–Kier alpha value is -1.90. The molecule has 206 valence electrons. The Morgan fingerprint density at radius 1 is 0.658 bits per heavy atom. The molecule has 1 saturated heterocycles. The van der Waals surface area contributed by atoms with Crippen molar-refractivity contribution in [2.75, 3.05) is 21.3 Å². The van der Waals surface area contributed by atoms with Crippen molar-refractivity contribution in [1.82, 2.24) is 0 Å². The van der Waals surface area contributed by atoms with Crippen LogP contribution in [0.3, 0.4) is 0 Å². The molecule has 38 heavy (non-hydrogen) atoms. The van der Waals surface area contributed by atoms with Crippen LogP contribution in [0.15, 0.2) is 59.1 Å². The van der Waals surface area contributed by atoms with Crippen molar-refractivity contribution >= 4 is 51.7 Å². The topological polar surface area (TPSA) is 46.2 Å². The van der Waals surface area contributed by atoms with Gasteiger partial charge in [-0.3, -0.25) is 0 Å². The van der Waals surface area contributed by atoms with Crippen molar-refractivity contribution < 1.29 is 23.5 Å². The quantitative estimate of drug-likeness (QED) is 0.274. The van der Waals surface area contributed by atoms with Crippen LogP contribution in [0.2, 0.25) is 10.0 Å². The third kappa shape index (κ3) is 8.55. The summed E-state index contributed by atoms with van der Waals surface area (Å²) in [5.74, 6) is 2.40. The fourth-order valence-electron chi connectivity index (χ4n) is 3.27. The molecule has 0 amide bonds. The number of halogens is 3. The molecule has 0 saturated carbocycles. The summed E-state index contributed by atoms with van der Waals surface area (Å²) in [4.78, 5) is 0. The second-order valence-corrected chi connectivity index (χ2v) is 11.4. The summed E-state index contributed by atoms with van der Waals surface area (Å²) < 4.78 is 28.2. The zero-order chi connectivity index (χ0) is 28.7. The van der Waals surface area contributed by atoms with Crippen molar-refractivity contribution in [2.24, 2.45) is 0 Å². The maximum atomic E-state index is 6.05. The standard InChI is InChI=1S/C14H21BO3.C8H9ClO.C7H6BrClO/c1-10-7-8-11(16-6)9-12(10)15-17-13(2,3)14(4,5)18-15;1-6-3-4-7(10-2)5-8(6)9;1-10-5-2-3-6(8)7(9)4-5/h7-9H,1-6H3;3-5H,1-2H3;2-4H,1H3. The first-order valence-electron chi connectivity index (χ1n) is 12.0. The van der Waals surface area contributed by atoms with E-state index in [0.717, 1.165) is 43.3 Å². The number of hydrogen-bond acceptors (Lipinski definition) is 5. The Kier molecular flexibility index (Phi) is 11.9. The highest BCUT2D eigenvalue weighted by molar-refractivity contribution is 9.10. The van der Waals surface area contributed by atoms with Crippen LogP contribution in [0.4, 0.5) is 0 Å². The van der Waals surface area contributed by atoms with Crippen LogP contribution in [-0.2, 0) is 9.31 Å². The minimum Gasteiger partial charge on any atom is -0.497 e. The molecular weight excluding hydrogens is 590 g/mol. The zero-order valence-corrected chi connectivity index (χ0v) is 26.5. The van der Waals surface area contributed by atoms with E-state index in [9.17, 15) is 0 Å². The molecule has 3 aromatic rings. The Labute approximate surface area is 246 Å². The van der Waals surface area contributed by atoms with Gasteiger partial charge in [-0.1, -0.05) is 40.9 Å². The van der Waals surface area contributed by atoms with Crippen molar-refractivity contribution in [1.29, 1.82) is 0 Å². The summed E-state index contributed by atoms with van der Waals surface area (Å²) in [7, 11) is 4.57. The molecule has 0 bridgehead atoms. The fourth-order valence-corrected chi connectivity index (χ4v) is 3.86.